The van der Waals surface area contributed by atoms with Crippen LogP contribution in [-0.2, 0) is 4.79 Å². The van der Waals surface area contributed by atoms with Gasteiger partial charge in [0.2, 0.25) is 0 Å². The summed E-state index contributed by atoms with van der Waals surface area (Å²) in [7, 11) is 0. The number of hydrogen-bond donors (Lipinski definition) is 1. The lowest BCUT2D eigenvalue weighted by Gasteiger charge is -2.08. The highest BCUT2D eigenvalue weighted by molar-refractivity contribution is 7.99. The largest absolute Gasteiger partial charge is 0.318 e. The zero-order valence-corrected chi connectivity index (χ0v) is 17.2. The maximum atomic E-state index is 12.0. The summed E-state index contributed by atoms with van der Waals surface area (Å²) in [5, 5.41) is 4.71. The molecule has 0 radical (unpaired) electrons. The molecule has 0 aliphatic heterocycles. The number of nitrogens with zero attached hydrogens (tertiary/aromatic N) is 4. The summed E-state index contributed by atoms with van der Waals surface area (Å²) >= 11 is 1.30. The summed E-state index contributed by atoms with van der Waals surface area (Å²) < 4.78 is 2.16. The molecule has 2 aromatic heterocycles. The molecule has 0 fully saturated rings. The number of aromatic nitrogens is 3. The minimum atomic E-state index is -0.194. The fraction of sp³-hybridized carbons (Fsp3) is 0.238. The third kappa shape index (κ3) is 4.86. The number of aryl methyl sites for hydroxylation is 3. The third-order valence-electron chi connectivity index (χ3n) is 4.17. The van der Waals surface area contributed by atoms with Gasteiger partial charge in [-0.25, -0.2) is 15.4 Å². The molecule has 0 saturated heterocycles. The predicted molar refractivity (Wildman–Crippen MR) is 113 cm³/mol. The van der Waals surface area contributed by atoms with E-state index < -0.39 is 0 Å². The first kappa shape index (κ1) is 19.8. The van der Waals surface area contributed by atoms with Gasteiger partial charge in [-0.05, 0) is 52.0 Å². The van der Waals surface area contributed by atoms with Crippen LogP contribution >= 0.6 is 11.8 Å². The molecule has 0 aliphatic carbocycles. The van der Waals surface area contributed by atoms with Crippen LogP contribution in [0.2, 0.25) is 0 Å². The van der Waals surface area contributed by atoms with E-state index in [9.17, 15) is 4.79 Å². The van der Waals surface area contributed by atoms with Crippen LogP contribution < -0.4 is 5.43 Å². The van der Waals surface area contributed by atoms with Gasteiger partial charge in [-0.1, -0.05) is 30.0 Å². The first-order chi connectivity index (χ1) is 13.4. The van der Waals surface area contributed by atoms with Crippen molar-refractivity contribution < 1.29 is 4.79 Å². The Kier molecular flexibility index (Phi) is 6.26. The fourth-order valence-corrected chi connectivity index (χ4v) is 3.73. The summed E-state index contributed by atoms with van der Waals surface area (Å²) in [6.45, 7) is 7.91. The first-order valence-corrected chi connectivity index (χ1v) is 9.94. The minimum absolute atomic E-state index is 0.194. The molecule has 28 heavy (non-hydrogen) atoms. The van der Waals surface area contributed by atoms with Crippen LogP contribution in [0.25, 0.3) is 5.69 Å². The topological polar surface area (TPSA) is 72.2 Å². The number of hydrogen-bond acceptors (Lipinski definition) is 5. The third-order valence-corrected chi connectivity index (χ3v) is 5.02. The molecule has 0 aliphatic rings. The Labute approximate surface area is 169 Å². The van der Waals surface area contributed by atoms with E-state index in [0.29, 0.717) is 5.16 Å². The van der Waals surface area contributed by atoms with Crippen molar-refractivity contribution >= 4 is 23.9 Å². The van der Waals surface area contributed by atoms with Crippen LogP contribution in [0.15, 0.2) is 52.7 Å². The maximum Gasteiger partial charge on any atom is 0.250 e. The number of carbonyl (C=O) groups is 1. The fourth-order valence-electron chi connectivity index (χ4n) is 2.99. The number of carbonyl (C=O) groups excluding carboxylic acids is 1. The Hall–Kier alpha value is -2.93. The number of rotatable bonds is 6. The smallest absolute Gasteiger partial charge is 0.250 e. The number of para-hydroxylation sites is 1. The van der Waals surface area contributed by atoms with E-state index in [1.165, 1.54) is 11.8 Å². The molecular formula is C21H23N5OS. The van der Waals surface area contributed by atoms with Crippen molar-refractivity contribution in [3.05, 3.63) is 70.8 Å². The molecule has 1 amide bonds. The normalized spacial score (nSPS) is 11.1. The second kappa shape index (κ2) is 8.84. The SMILES string of the molecule is Cc1cc(C)nc(SCC(=O)N/N=C\c2cc(C)n(-c3ccccc3)c2C)n1. The van der Waals surface area contributed by atoms with Gasteiger partial charge < -0.3 is 4.57 Å². The van der Waals surface area contributed by atoms with Crippen molar-refractivity contribution in [2.24, 2.45) is 5.10 Å². The standard InChI is InChI=1S/C21H23N5OS/c1-14-10-15(2)24-21(23-14)28-13-20(27)25-22-12-18-11-16(3)26(17(18)4)19-8-6-5-7-9-19/h5-12H,13H2,1-4H3,(H,25,27)/b22-12-. The second-order valence-electron chi connectivity index (χ2n) is 6.51. The Morgan fingerprint density at radius 2 is 1.79 bits per heavy atom. The molecular weight excluding hydrogens is 370 g/mol. The van der Waals surface area contributed by atoms with Crippen LogP contribution in [-0.4, -0.2) is 32.4 Å². The Bertz CT molecular complexity index is 991. The Balaban J connectivity index is 1.61. The highest BCUT2D eigenvalue weighted by Gasteiger charge is 2.09. The zero-order valence-electron chi connectivity index (χ0n) is 16.4. The van der Waals surface area contributed by atoms with Gasteiger partial charge in [0.25, 0.3) is 5.91 Å². The van der Waals surface area contributed by atoms with E-state index in [2.05, 4.69) is 50.2 Å². The molecule has 0 unspecified atom stereocenters. The lowest BCUT2D eigenvalue weighted by Crippen LogP contribution is -2.19. The summed E-state index contributed by atoms with van der Waals surface area (Å²) in [6.07, 6.45) is 1.68. The predicted octanol–water partition coefficient (Wildman–Crippen LogP) is 3.74. The highest BCUT2D eigenvalue weighted by atomic mass is 32.2. The van der Waals surface area contributed by atoms with E-state index in [1.54, 1.807) is 6.21 Å². The molecule has 144 valence electrons. The van der Waals surface area contributed by atoms with Crippen LogP contribution in [0.3, 0.4) is 0 Å². The molecule has 0 spiro atoms. The van der Waals surface area contributed by atoms with Crippen molar-refractivity contribution in [2.45, 2.75) is 32.9 Å². The lowest BCUT2D eigenvalue weighted by molar-refractivity contribution is -0.118. The van der Waals surface area contributed by atoms with E-state index in [-0.39, 0.29) is 11.7 Å². The maximum absolute atomic E-state index is 12.0. The average molecular weight is 394 g/mol. The van der Waals surface area contributed by atoms with Crippen molar-refractivity contribution in [2.75, 3.05) is 5.75 Å². The first-order valence-electron chi connectivity index (χ1n) is 8.95. The van der Waals surface area contributed by atoms with E-state index in [0.717, 1.165) is 34.0 Å². The van der Waals surface area contributed by atoms with Gasteiger partial charge in [0.1, 0.15) is 0 Å². The molecule has 1 N–H and O–H groups in total. The van der Waals surface area contributed by atoms with Gasteiger partial charge in [-0.15, -0.1) is 0 Å². The molecule has 2 heterocycles. The van der Waals surface area contributed by atoms with Crippen molar-refractivity contribution in [3.63, 3.8) is 0 Å². The van der Waals surface area contributed by atoms with Crippen LogP contribution in [0, 0.1) is 27.7 Å². The summed E-state index contributed by atoms with van der Waals surface area (Å²) in [4.78, 5) is 20.7. The number of hydrazone groups is 1. The van der Waals surface area contributed by atoms with E-state index >= 15 is 0 Å². The molecule has 3 aromatic rings. The molecule has 6 nitrogen and oxygen atoms in total. The lowest BCUT2D eigenvalue weighted by atomic mass is 10.2. The summed E-state index contributed by atoms with van der Waals surface area (Å²) in [5.41, 5.74) is 8.60. The van der Waals surface area contributed by atoms with Gasteiger partial charge in [-0.2, -0.15) is 5.10 Å². The van der Waals surface area contributed by atoms with Crippen LogP contribution in [0.4, 0.5) is 0 Å². The molecule has 7 heteroatoms. The van der Waals surface area contributed by atoms with Crippen molar-refractivity contribution in [1.82, 2.24) is 20.0 Å². The van der Waals surface area contributed by atoms with Gasteiger partial charge in [0.05, 0.1) is 12.0 Å². The quantitative estimate of drug-likeness (QED) is 0.300. The number of thioether (sulfide) groups is 1. The second-order valence-corrected chi connectivity index (χ2v) is 7.46. The number of benzene rings is 1. The van der Waals surface area contributed by atoms with Gasteiger partial charge in [-0.3, -0.25) is 4.79 Å². The summed E-state index contributed by atoms with van der Waals surface area (Å²) in [5.74, 6) is 0.0179. The number of amides is 1. The summed E-state index contributed by atoms with van der Waals surface area (Å²) in [6, 6.07) is 14.1. The highest BCUT2D eigenvalue weighted by Crippen LogP contribution is 2.19. The van der Waals surface area contributed by atoms with E-state index in [4.69, 9.17) is 0 Å². The Morgan fingerprint density at radius 1 is 1.11 bits per heavy atom. The van der Waals surface area contributed by atoms with E-state index in [1.807, 2.05) is 45.0 Å². The van der Waals surface area contributed by atoms with Crippen LogP contribution in [0.1, 0.15) is 28.3 Å². The molecule has 0 atom stereocenters. The van der Waals surface area contributed by atoms with Crippen LogP contribution in [0.5, 0.6) is 0 Å². The van der Waals surface area contributed by atoms with Gasteiger partial charge >= 0.3 is 0 Å². The molecule has 0 bridgehead atoms. The monoisotopic (exact) mass is 393 g/mol. The minimum Gasteiger partial charge on any atom is -0.318 e. The van der Waals surface area contributed by atoms with Gasteiger partial charge in [0.15, 0.2) is 5.16 Å². The molecule has 3 rings (SSSR count). The zero-order chi connectivity index (χ0) is 20.1. The molecule has 0 saturated carbocycles. The Morgan fingerprint density at radius 3 is 2.46 bits per heavy atom. The van der Waals surface area contributed by atoms with Gasteiger partial charge in [0, 0.05) is 34.0 Å². The molecule has 1 aromatic carbocycles. The number of nitrogens with one attached hydrogen (secondary N) is 1. The van der Waals surface area contributed by atoms with Crippen molar-refractivity contribution in [3.8, 4) is 5.69 Å². The van der Waals surface area contributed by atoms with Crippen molar-refractivity contribution in [1.29, 1.82) is 0 Å². The average Bonchev–Trinajstić information content (AvgIpc) is 2.93.